The zero-order valence-corrected chi connectivity index (χ0v) is 13.6. The predicted molar refractivity (Wildman–Crippen MR) is 89.4 cm³/mol. The lowest BCUT2D eigenvalue weighted by atomic mass is 10.1. The lowest BCUT2D eigenvalue weighted by Crippen LogP contribution is -2.17. The summed E-state index contributed by atoms with van der Waals surface area (Å²) in [6.45, 7) is 3.82. The Morgan fingerprint density at radius 2 is 2.09 bits per heavy atom. The van der Waals surface area contributed by atoms with Gasteiger partial charge in [-0.25, -0.2) is 8.42 Å². The molecule has 1 heterocycles. The van der Waals surface area contributed by atoms with Crippen molar-refractivity contribution in [3.63, 3.8) is 0 Å². The van der Waals surface area contributed by atoms with E-state index in [2.05, 4.69) is 14.6 Å². The highest BCUT2D eigenvalue weighted by Gasteiger charge is 2.24. The maximum atomic E-state index is 12.3. The Kier molecular flexibility index (Phi) is 3.81. The van der Waals surface area contributed by atoms with Crippen molar-refractivity contribution in [3.8, 4) is 5.88 Å². The molecule has 0 saturated carbocycles. The van der Waals surface area contributed by atoms with E-state index in [1.54, 1.807) is 18.2 Å². The van der Waals surface area contributed by atoms with Crippen molar-refractivity contribution in [2.24, 2.45) is 9.63 Å². The van der Waals surface area contributed by atoms with Crippen LogP contribution in [-0.2, 0) is 10.0 Å². The molecule has 6 nitrogen and oxygen atoms in total. The Balaban J connectivity index is 1.95. The van der Waals surface area contributed by atoms with Crippen LogP contribution in [0.3, 0.4) is 0 Å². The third kappa shape index (κ3) is 3.05. The molecule has 1 atom stereocenters. The van der Waals surface area contributed by atoms with Gasteiger partial charge in [0.15, 0.2) is 5.69 Å². The summed E-state index contributed by atoms with van der Waals surface area (Å²) in [5, 5.41) is 13.7. The number of rotatable bonds is 3. The molecule has 1 aromatic heterocycles. The number of hydrogen-bond acceptors (Lipinski definition) is 4. The Morgan fingerprint density at radius 1 is 1.30 bits per heavy atom. The maximum Gasteiger partial charge on any atom is 0.277 e. The highest BCUT2D eigenvalue weighted by molar-refractivity contribution is 7.90. The summed E-state index contributed by atoms with van der Waals surface area (Å²) in [5.41, 5.74) is 2.82. The molecule has 0 spiro atoms. The summed E-state index contributed by atoms with van der Waals surface area (Å²) in [7, 11) is -3.78. The molecule has 0 aliphatic heterocycles. The summed E-state index contributed by atoms with van der Waals surface area (Å²) in [6, 6.07) is 5.51. The number of benzene rings is 1. The summed E-state index contributed by atoms with van der Waals surface area (Å²) in [4.78, 5) is 2.76. The minimum Gasteiger partial charge on any atom is -0.493 e. The molecule has 1 aliphatic rings. The van der Waals surface area contributed by atoms with Gasteiger partial charge in [0.05, 0.1) is 5.52 Å². The summed E-state index contributed by atoms with van der Waals surface area (Å²) >= 11 is 0. The van der Waals surface area contributed by atoms with Gasteiger partial charge < -0.3 is 10.1 Å². The predicted octanol–water partition coefficient (Wildman–Crippen LogP) is 3.87. The van der Waals surface area contributed by atoms with Gasteiger partial charge in [-0.3, -0.25) is 0 Å². The van der Waals surface area contributed by atoms with Gasteiger partial charge in [0.25, 0.3) is 10.0 Å². The zero-order chi connectivity index (χ0) is 16.6. The molecule has 0 radical (unpaired) electrons. The van der Waals surface area contributed by atoms with Crippen LogP contribution in [0.1, 0.15) is 18.9 Å². The van der Waals surface area contributed by atoms with Crippen molar-refractivity contribution in [1.29, 1.82) is 0 Å². The van der Waals surface area contributed by atoms with E-state index < -0.39 is 15.3 Å². The van der Waals surface area contributed by atoms with Gasteiger partial charge in [-0.2, -0.15) is 0 Å². The Labute approximate surface area is 134 Å². The number of fused-ring (bicyclic) bond motifs is 1. The number of nitrogens with zero attached hydrogens (tertiary/aromatic N) is 2. The first-order chi connectivity index (χ1) is 10.9. The smallest absolute Gasteiger partial charge is 0.277 e. The maximum absolute atomic E-state index is 12.3. The molecule has 7 heteroatoms. The molecule has 0 bridgehead atoms. The summed E-state index contributed by atoms with van der Waals surface area (Å²) in [6.07, 6.45) is 5.60. The molecule has 23 heavy (non-hydrogen) atoms. The zero-order valence-electron chi connectivity index (χ0n) is 12.8. The van der Waals surface area contributed by atoms with Crippen molar-refractivity contribution in [2.75, 3.05) is 0 Å². The first kappa shape index (κ1) is 15.5. The fourth-order valence-electron chi connectivity index (χ4n) is 2.47. The monoisotopic (exact) mass is 331 g/mol. The van der Waals surface area contributed by atoms with Crippen LogP contribution >= 0.6 is 0 Å². The van der Waals surface area contributed by atoms with Crippen LogP contribution in [0.2, 0.25) is 0 Å². The van der Waals surface area contributed by atoms with E-state index in [4.69, 9.17) is 0 Å². The number of aromatic amines is 1. The minimum absolute atomic E-state index is 0.138. The van der Waals surface area contributed by atoms with Crippen molar-refractivity contribution < 1.29 is 13.5 Å². The van der Waals surface area contributed by atoms with Gasteiger partial charge in [0.2, 0.25) is 5.88 Å². The topological polar surface area (TPSA) is 94.9 Å². The van der Waals surface area contributed by atoms with Crippen molar-refractivity contribution in [2.45, 2.75) is 25.5 Å². The summed E-state index contributed by atoms with van der Waals surface area (Å²) < 4.78 is 28.1. The minimum atomic E-state index is -3.78. The van der Waals surface area contributed by atoms with E-state index in [9.17, 15) is 13.5 Å². The Hall–Kier alpha value is -2.41. The number of sulfonamides is 1. The second-order valence-corrected chi connectivity index (χ2v) is 7.45. The van der Waals surface area contributed by atoms with Crippen LogP contribution in [0.4, 0.5) is 5.69 Å². The quantitative estimate of drug-likeness (QED) is 0.836. The third-order valence-corrected chi connectivity index (χ3v) is 5.21. The molecule has 2 N–H and O–H groups in total. The second kappa shape index (κ2) is 5.66. The standard InChI is InChI=1S/C16H17N3O3S/c1-10-3-6-12(7-4-10)23(21,22)19-18-15-13-9-11(2)5-8-14(13)17-16(15)20/h3-6,8-9,12,17,20H,7H2,1-2H3. The van der Waals surface area contributed by atoms with E-state index >= 15 is 0 Å². The summed E-state index contributed by atoms with van der Waals surface area (Å²) in [5.74, 6) is -0.195. The SMILES string of the molecule is CC1=CCC(S(=O)(=O)N=Nc2c(O)[nH]c3ccc(C)cc23)C=C1. The number of aromatic hydroxyl groups is 1. The number of nitrogens with one attached hydrogen (secondary N) is 1. The largest absolute Gasteiger partial charge is 0.493 e. The number of allylic oxidation sites excluding steroid dienone is 3. The van der Waals surface area contributed by atoms with Gasteiger partial charge in [-0.15, -0.1) is 5.11 Å². The van der Waals surface area contributed by atoms with Crippen LogP contribution in [-0.4, -0.2) is 23.8 Å². The van der Waals surface area contributed by atoms with Gasteiger partial charge >= 0.3 is 0 Å². The highest BCUT2D eigenvalue weighted by atomic mass is 32.2. The molecule has 0 saturated heterocycles. The number of hydrogen-bond donors (Lipinski definition) is 2. The van der Waals surface area contributed by atoms with E-state index in [0.717, 1.165) is 11.1 Å². The average molecular weight is 331 g/mol. The van der Waals surface area contributed by atoms with Gasteiger partial charge in [0, 0.05) is 5.39 Å². The fourth-order valence-corrected chi connectivity index (χ4v) is 3.40. The van der Waals surface area contributed by atoms with E-state index in [1.165, 1.54) is 0 Å². The molecule has 1 aromatic carbocycles. The number of aryl methyl sites for hydroxylation is 1. The number of aromatic nitrogens is 1. The van der Waals surface area contributed by atoms with Crippen LogP contribution in [0, 0.1) is 6.92 Å². The first-order valence-electron chi connectivity index (χ1n) is 7.20. The van der Waals surface area contributed by atoms with E-state index in [1.807, 2.05) is 32.1 Å². The third-order valence-electron chi connectivity index (χ3n) is 3.79. The molecule has 0 fully saturated rings. The first-order valence-corrected chi connectivity index (χ1v) is 8.70. The van der Waals surface area contributed by atoms with Crippen LogP contribution in [0.15, 0.2) is 51.6 Å². The molecule has 1 unspecified atom stereocenters. The average Bonchev–Trinajstić information content (AvgIpc) is 2.80. The normalized spacial score (nSPS) is 18.7. The lowest BCUT2D eigenvalue weighted by Gasteiger charge is -2.11. The fraction of sp³-hybridized carbons (Fsp3) is 0.250. The van der Waals surface area contributed by atoms with E-state index in [-0.39, 0.29) is 11.6 Å². The molecule has 120 valence electrons. The van der Waals surface area contributed by atoms with Gasteiger partial charge in [-0.1, -0.05) is 40.0 Å². The molecule has 2 aromatic rings. The van der Waals surface area contributed by atoms with E-state index in [0.29, 0.717) is 17.3 Å². The Morgan fingerprint density at radius 3 is 2.78 bits per heavy atom. The van der Waals surface area contributed by atoms with Crippen LogP contribution < -0.4 is 0 Å². The van der Waals surface area contributed by atoms with Gasteiger partial charge in [-0.05, 0) is 32.4 Å². The van der Waals surface area contributed by atoms with Crippen molar-refractivity contribution >= 4 is 26.6 Å². The number of H-pyrrole nitrogens is 1. The molecule has 3 rings (SSSR count). The van der Waals surface area contributed by atoms with Crippen LogP contribution in [0.5, 0.6) is 5.88 Å². The molecular weight excluding hydrogens is 314 g/mol. The lowest BCUT2D eigenvalue weighted by molar-refractivity contribution is 0.459. The van der Waals surface area contributed by atoms with Gasteiger partial charge in [0.1, 0.15) is 5.25 Å². The second-order valence-electron chi connectivity index (χ2n) is 5.65. The molecule has 0 amide bonds. The van der Waals surface area contributed by atoms with Crippen LogP contribution in [0.25, 0.3) is 10.9 Å². The highest BCUT2D eigenvalue weighted by Crippen LogP contribution is 2.36. The van der Waals surface area contributed by atoms with Crippen molar-refractivity contribution in [3.05, 3.63) is 47.6 Å². The molecule has 1 aliphatic carbocycles. The van der Waals surface area contributed by atoms with Crippen molar-refractivity contribution in [1.82, 2.24) is 4.98 Å². The Bertz CT molecular complexity index is 952. The molecular formula is C16H17N3O3S.